The molecule has 5 nitrogen and oxygen atoms in total. The van der Waals surface area contributed by atoms with Crippen LogP contribution in [-0.4, -0.2) is 24.0 Å². The van der Waals surface area contributed by atoms with Gasteiger partial charge in [0.2, 0.25) is 0 Å². The molecule has 0 unspecified atom stereocenters. The van der Waals surface area contributed by atoms with E-state index in [1.165, 1.54) is 11.3 Å². The molecule has 1 aromatic heterocycles. The molecule has 0 saturated carbocycles. The molecule has 96 valence electrons. The van der Waals surface area contributed by atoms with Crippen LogP contribution in [0.25, 0.3) is 0 Å². The Morgan fingerprint density at radius 3 is 2.82 bits per heavy atom. The van der Waals surface area contributed by atoms with Crippen molar-refractivity contribution in [3.05, 3.63) is 4.88 Å². The number of nitrogens with one attached hydrogen (secondary N) is 2. The summed E-state index contributed by atoms with van der Waals surface area (Å²) in [6, 6.07) is 0. The molecule has 1 amide bonds. The van der Waals surface area contributed by atoms with E-state index in [9.17, 15) is 4.79 Å². The highest BCUT2D eigenvalue weighted by Gasteiger charge is 2.15. The fourth-order valence-corrected chi connectivity index (χ4v) is 2.01. The lowest BCUT2D eigenvalue weighted by Crippen LogP contribution is -2.27. The molecule has 0 aromatic carbocycles. The number of hydrogen-bond acceptors (Lipinski definition) is 5. The van der Waals surface area contributed by atoms with Crippen LogP contribution in [0, 0.1) is 5.92 Å². The normalized spacial score (nSPS) is 10.6. The molecule has 0 aliphatic carbocycles. The van der Waals surface area contributed by atoms with Crippen molar-refractivity contribution in [2.75, 3.05) is 24.1 Å². The molecule has 4 N–H and O–H groups in total. The first-order valence-electron chi connectivity index (χ1n) is 5.83. The van der Waals surface area contributed by atoms with Crippen LogP contribution in [0.3, 0.4) is 0 Å². The summed E-state index contributed by atoms with van der Waals surface area (Å²) in [6.45, 7) is 7.64. The average molecular weight is 256 g/mol. The molecule has 0 aliphatic rings. The molecule has 0 fully saturated rings. The largest absolute Gasteiger partial charge is 0.382 e. The molecule has 1 heterocycles. The van der Waals surface area contributed by atoms with Gasteiger partial charge in [0.25, 0.3) is 5.91 Å². The molecular weight excluding hydrogens is 236 g/mol. The third kappa shape index (κ3) is 4.22. The van der Waals surface area contributed by atoms with Gasteiger partial charge in [0.15, 0.2) is 5.13 Å². The second-order valence-electron chi connectivity index (χ2n) is 4.26. The first kappa shape index (κ1) is 13.8. The summed E-state index contributed by atoms with van der Waals surface area (Å²) < 4.78 is 0. The van der Waals surface area contributed by atoms with Crippen LogP contribution in [0.2, 0.25) is 0 Å². The Morgan fingerprint density at radius 2 is 2.24 bits per heavy atom. The molecular formula is C11H20N4OS. The quantitative estimate of drug-likeness (QED) is 0.726. The monoisotopic (exact) mass is 256 g/mol. The van der Waals surface area contributed by atoms with Gasteiger partial charge in [-0.25, -0.2) is 4.98 Å². The van der Waals surface area contributed by atoms with Crippen LogP contribution in [0.5, 0.6) is 0 Å². The number of hydrogen-bond donors (Lipinski definition) is 3. The van der Waals surface area contributed by atoms with Gasteiger partial charge in [-0.1, -0.05) is 32.1 Å². The summed E-state index contributed by atoms with van der Waals surface area (Å²) in [4.78, 5) is 16.4. The lowest BCUT2D eigenvalue weighted by atomic mass is 10.2. The topological polar surface area (TPSA) is 80.0 Å². The molecule has 0 spiro atoms. The molecule has 1 aromatic rings. The Morgan fingerprint density at radius 1 is 1.53 bits per heavy atom. The van der Waals surface area contributed by atoms with E-state index < -0.39 is 0 Å². The second kappa shape index (κ2) is 6.44. The van der Waals surface area contributed by atoms with Crippen molar-refractivity contribution >= 4 is 28.2 Å². The van der Waals surface area contributed by atoms with E-state index in [0.29, 0.717) is 28.3 Å². The van der Waals surface area contributed by atoms with E-state index in [1.807, 2.05) is 13.8 Å². The van der Waals surface area contributed by atoms with Crippen molar-refractivity contribution in [1.82, 2.24) is 10.3 Å². The Hall–Kier alpha value is -1.30. The molecule has 0 saturated heterocycles. The van der Waals surface area contributed by atoms with Crippen molar-refractivity contribution in [3.8, 4) is 0 Å². The van der Waals surface area contributed by atoms with Crippen LogP contribution >= 0.6 is 11.3 Å². The lowest BCUT2D eigenvalue weighted by Gasteiger charge is -2.05. The maximum absolute atomic E-state index is 11.8. The van der Waals surface area contributed by atoms with Gasteiger partial charge in [0.1, 0.15) is 10.7 Å². The number of nitrogens with two attached hydrogens (primary N) is 1. The van der Waals surface area contributed by atoms with Crippen LogP contribution < -0.4 is 16.4 Å². The number of amides is 1. The summed E-state index contributed by atoms with van der Waals surface area (Å²) >= 11 is 1.30. The van der Waals surface area contributed by atoms with Gasteiger partial charge >= 0.3 is 0 Å². The third-order valence-electron chi connectivity index (χ3n) is 2.06. The number of anilines is 2. The predicted molar refractivity (Wildman–Crippen MR) is 72.5 cm³/mol. The van der Waals surface area contributed by atoms with E-state index in [-0.39, 0.29) is 5.91 Å². The highest BCUT2D eigenvalue weighted by molar-refractivity contribution is 7.18. The van der Waals surface area contributed by atoms with E-state index in [1.54, 1.807) is 0 Å². The van der Waals surface area contributed by atoms with Gasteiger partial charge in [-0.15, -0.1) is 0 Å². The van der Waals surface area contributed by atoms with Gasteiger partial charge in [-0.2, -0.15) is 0 Å². The van der Waals surface area contributed by atoms with Crippen molar-refractivity contribution in [2.45, 2.75) is 27.2 Å². The first-order chi connectivity index (χ1) is 8.04. The Kier molecular flexibility index (Phi) is 5.21. The minimum Gasteiger partial charge on any atom is -0.382 e. The number of thiazole rings is 1. The summed E-state index contributed by atoms with van der Waals surface area (Å²) in [7, 11) is 0. The zero-order valence-corrected chi connectivity index (χ0v) is 11.4. The van der Waals surface area contributed by atoms with Gasteiger partial charge in [0.05, 0.1) is 0 Å². The van der Waals surface area contributed by atoms with E-state index in [4.69, 9.17) is 5.73 Å². The number of carbonyl (C=O) groups excluding carboxylic acids is 1. The minimum atomic E-state index is -0.141. The molecule has 0 atom stereocenters. The van der Waals surface area contributed by atoms with Crippen molar-refractivity contribution < 1.29 is 4.79 Å². The smallest absolute Gasteiger partial charge is 0.265 e. The van der Waals surface area contributed by atoms with E-state index in [2.05, 4.69) is 22.5 Å². The average Bonchev–Trinajstić information content (AvgIpc) is 2.64. The van der Waals surface area contributed by atoms with Crippen LogP contribution in [0.15, 0.2) is 0 Å². The number of aromatic nitrogens is 1. The number of rotatable bonds is 6. The van der Waals surface area contributed by atoms with Crippen LogP contribution in [0.1, 0.15) is 36.9 Å². The highest BCUT2D eigenvalue weighted by atomic mass is 32.1. The maximum atomic E-state index is 11.8. The summed E-state index contributed by atoms with van der Waals surface area (Å²) in [5.74, 6) is 0.582. The third-order valence-corrected chi connectivity index (χ3v) is 3.08. The molecule has 6 heteroatoms. The van der Waals surface area contributed by atoms with Crippen molar-refractivity contribution in [3.63, 3.8) is 0 Å². The minimum absolute atomic E-state index is 0.141. The standard InChI is InChI=1S/C11H20N4OS/c1-4-5-13-11-15-9(12)8(17-11)10(16)14-6-7(2)3/h7H,4-6,12H2,1-3H3,(H,13,15)(H,14,16). The zero-order chi connectivity index (χ0) is 12.8. The Balaban J connectivity index is 2.63. The fraction of sp³-hybridized carbons (Fsp3) is 0.636. The Labute approximate surface area is 106 Å². The van der Waals surface area contributed by atoms with Crippen LogP contribution in [0.4, 0.5) is 10.9 Å². The van der Waals surface area contributed by atoms with Gasteiger partial charge in [-0.3, -0.25) is 4.79 Å². The fourth-order valence-electron chi connectivity index (χ4n) is 1.18. The Bertz CT molecular complexity index is 376. The maximum Gasteiger partial charge on any atom is 0.265 e. The number of nitrogen functional groups attached to an aromatic ring is 1. The molecule has 0 aliphatic heterocycles. The van der Waals surface area contributed by atoms with Crippen molar-refractivity contribution in [2.24, 2.45) is 5.92 Å². The molecule has 0 bridgehead atoms. The zero-order valence-electron chi connectivity index (χ0n) is 10.5. The predicted octanol–water partition coefficient (Wildman–Crippen LogP) is 1.93. The lowest BCUT2D eigenvalue weighted by molar-refractivity contribution is 0.0953. The summed E-state index contributed by atoms with van der Waals surface area (Å²) in [6.07, 6.45) is 1.01. The summed E-state index contributed by atoms with van der Waals surface area (Å²) in [5.41, 5.74) is 5.72. The van der Waals surface area contributed by atoms with Gasteiger partial charge in [-0.05, 0) is 12.3 Å². The second-order valence-corrected chi connectivity index (χ2v) is 5.26. The molecule has 17 heavy (non-hydrogen) atoms. The van der Waals surface area contributed by atoms with E-state index in [0.717, 1.165) is 13.0 Å². The number of nitrogens with zero attached hydrogens (tertiary/aromatic N) is 1. The first-order valence-corrected chi connectivity index (χ1v) is 6.64. The van der Waals surface area contributed by atoms with Crippen LogP contribution in [-0.2, 0) is 0 Å². The van der Waals surface area contributed by atoms with E-state index >= 15 is 0 Å². The SMILES string of the molecule is CCCNc1nc(N)c(C(=O)NCC(C)C)s1. The van der Waals surface area contributed by atoms with Gasteiger partial charge in [0, 0.05) is 13.1 Å². The summed E-state index contributed by atoms with van der Waals surface area (Å²) in [5, 5.41) is 6.66. The molecule has 1 rings (SSSR count). The highest BCUT2D eigenvalue weighted by Crippen LogP contribution is 2.24. The van der Waals surface area contributed by atoms with Gasteiger partial charge < -0.3 is 16.4 Å². The molecule has 0 radical (unpaired) electrons. The number of carbonyl (C=O) groups is 1. The van der Waals surface area contributed by atoms with Crippen molar-refractivity contribution in [1.29, 1.82) is 0 Å².